The molecule has 0 unspecified atom stereocenters. The van der Waals surface area contributed by atoms with Crippen LogP contribution in [0.1, 0.15) is 32.1 Å². The smallest absolute Gasteiger partial charge is 0.310 e. The molecule has 0 spiro atoms. The largest absolute Gasteiger partial charge is 0.444 e. The van der Waals surface area contributed by atoms with Crippen LogP contribution in [0.4, 0.5) is 0 Å². The van der Waals surface area contributed by atoms with Gasteiger partial charge in [0.25, 0.3) is 5.56 Å². The Hall–Kier alpha value is -2.23. The zero-order chi connectivity index (χ0) is 20.6. The second-order valence-corrected chi connectivity index (χ2v) is 9.70. The third-order valence-corrected chi connectivity index (χ3v) is 7.74. The van der Waals surface area contributed by atoms with Gasteiger partial charge in [-0.2, -0.15) is 4.31 Å². The summed E-state index contributed by atoms with van der Waals surface area (Å²) in [5, 5.41) is 0.630. The van der Waals surface area contributed by atoms with Crippen molar-refractivity contribution in [2.75, 3.05) is 13.1 Å². The third kappa shape index (κ3) is 3.82. The number of benzene rings is 1. The molecule has 1 saturated heterocycles. The number of sulfonamides is 1. The summed E-state index contributed by atoms with van der Waals surface area (Å²) in [6.45, 7) is 0.461. The molecule has 1 aromatic heterocycles. The number of nitrogens with two attached hydrogens (primary N) is 1. The van der Waals surface area contributed by atoms with Crippen LogP contribution >= 0.6 is 0 Å². The van der Waals surface area contributed by atoms with E-state index in [0.717, 1.165) is 25.7 Å². The van der Waals surface area contributed by atoms with Crippen molar-refractivity contribution in [3.05, 3.63) is 40.8 Å². The minimum absolute atomic E-state index is 0.0882. The maximum absolute atomic E-state index is 13.0. The fraction of sp³-hybridized carbons (Fsp3) is 0.500. The molecule has 2 fully saturated rings. The van der Waals surface area contributed by atoms with Crippen LogP contribution in [-0.2, 0) is 26.3 Å². The van der Waals surface area contributed by atoms with E-state index in [1.807, 2.05) is 0 Å². The highest BCUT2D eigenvalue weighted by Crippen LogP contribution is 2.27. The first kappa shape index (κ1) is 20.1. The summed E-state index contributed by atoms with van der Waals surface area (Å²) in [6, 6.07) is 6.06. The minimum atomic E-state index is -3.74. The fourth-order valence-corrected chi connectivity index (χ4v) is 5.86. The van der Waals surface area contributed by atoms with Crippen molar-refractivity contribution in [2.45, 2.75) is 49.8 Å². The highest BCUT2D eigenvalue weighted by Gasteiger charge is 2.32. The van der Waals surface area contributed by atoms with E-state index in [4.69, 9.17) is 10.5 Å². The fourth-order valence-electron chi connectivity index (χ4n) is 4.14. The van der Waals surface area contributed by atoms with Crippen LogP contribution in [0, 0.1) is 5.92 Å². The topological polar surface area (TPSA) is 112 Å². The summed E-state index contributed by atoms with van der Waals surface area (Å²) < 4.78 is 34.1. The number of carbonyl (C=O) groups is 1. The summed E-state index contributed by atoms with van der Waals surface area (Å²) in [7, 11) is -3.74. The van der Waals surface area contributed by atoms with Gasteiger partial charge in [0.2, 0.25) is 10.0 Å². The molecule has 29 heavy (non-hydrogen) atoms. The van der Waals surface area contributed by atoms with Crippen LogP contribution in [0.25, 0.3) is 10.8 Å². The second kappa shape index (κ2) is 7.89. The quantitative estimate of drug-likeness (QED) is 0.734. The molecular weight excluding hydrogens is 394 g/mol. The number of pyridine rings is 1. The standard InChI is InChI=1S/C20H25N3O5S/c21-15-8-11-23(12-15)29(26,27)18-7-3-6-17-16(18)9-10-22(19(17)24)13-28-20(25)14-4-1-2-5-14/h3,6-7,9-10,14-15H,1-2,4-5,8,11-13,21H2/t15-/m1/s1. The predicted molar refractivity (Wildman–Crippen MR) is 108 cm³/mol. The molecule has 1 atom stereocenters. The SMILES string of the molecule is N[C@@H]1CCN(S(=O)(=O)c2cccc3c(=O)n(COC(=O)C4CCCC4)ccc23)C1. The van der Waals surface area contributed by atoms with Gasteiger partial charge in [0.05, 0.1) is 10.8 Å². The van der Waals surface area contributed by atoms with Crippen molar-refractivity contribution < 1.29 is 17.9 Å². The van der Waals surface area contributed by atoms with Crippen molar-refractivity contribution in [1.82, 2.24) is 8.87 Å². The Morgan fingerprint density at radius 1 is 1.14 bits per heavy atom. The van der Waals surface area contributed by atoms with Gasteiger partial charge in [-0.05, 0) is 37.5 Å². The maximum atomic E-state index is 13.0. The molecule has 8 nitrogen and oxygen atoms in total. The van der Waals surface area contributed by atoms with E-state index in [0.29, 0.717) is 18.4 Å². The molecule has 0 radical (unpaired) electrons. The number of hydrogen-bond acceptors (Lipinski definition) is 6. The van der Waals surface area contributed by atoms with Gasteiger partial charge in [-0.1, -0.05) is 18.9 Å². The Morgan fingerprint density at radius 3 is 2.59 bits per heavy atom. The number of nitrogens with zero attached hydrogens (tertiary/aromatic N) is 2. The molecule has 2 aliphatic rings. The van der Waals surface area contributed by atoms with Crippen molar-refractivity contribution >= 4 is 26.8 Å². The molecule has 1 saturated carbocycles. The Morgan fingerprint density at radius 2 is 1.90 bits per heavy atom. The van der Waals surface area contributed by atoms with Gasteiger partial charge in [0.15, 0.2) is 6.73 Å². The van der Waals surface area contributed by atoms with Crippen LogP contribution < -0.4 is 11.3 Å². The molecule has 0 amide bonds. The number of aromatic nitrogens is 1. The van der Waals surface area contributed by atoms with Gasteiger partial charge in [-0.15, -0.1) is 0 Å². The summed E-state index contributed by atoms with van der Waals surface area (Å²) >= 11 is 0. The molecular formula is C20H25N3O5S. The first-order valence-electron chi connectivity index (χ1n) is 9.92. The summed E-state index contributed by atoms with van der Waals surface area (Å²) in [5.41, 5.74) is 5.47. The molecule has 9 heteroatoms. The van der Waals surface area contributed by atoms with Crippen molar-refractivity contribution in [2.24, 2.45) is 11.7 Å². The monoisotopic (exact) mass is 419 g/mol. The Kier molecular flexibility index (Phi) is 5.46. The zero-order valence-corrected chi connectivity index (χ0v) is 16.9. The van der Waals surface area contributed by atoms with Crippen LogP contribution in [0.2, 0.25) is 0 Å². The van der Waals surface area contributed by atoms with Crippen LogP contribution in [0.15, 0.2) is 40.2 Å². The van der Waals surface area contributed by atoms with Crippen molar-refractivity contribution in [1.29, 1.82) is 0 Å². The number of carbonyl (C=O) groups excluding carboxylic acids is 1. The first-order chi connectivity index (χ1) is 13.9. The molecule has 2 N–H and O–H groups in total. The van der Waals surface area contributed by atoms with E-state index >= 15 is 0 Å². The number of esters is 1. The van der Waals surface area contributed by atoms with Crippen LogP contribution in [0.5, 0.6) is 0 Å². The van der Waals surface area contributed by atoms with Crippen LogP contribution in [0.3, 0.4) is 0 Å². The highest BCUT2D eigenvalue weighted by atomic mass is 32.2. The summed E-state index contributed by atoms with van der Waals surface area (Å²) in [4.78, 5) is 25.1. The number of ether oxygens (including phenoxy) is 1. The van der Waals surface area contributed by atoms with E-state index in [1.54, 1.807) is 18.2 Å². The number of rotatable bonds is 5. The number of hydrogen-bond donors (Lipinski definition) is 1. The molecule has 0 bridgehead atoms. The Labute approximate surface area is 169 Å². The Bertz CT molecular complexity index is 1090. The lowest BCUT2D eigenvalue weighted by molar-refractivity contribution is -0.152. The summed E-state index contributed by atoms with van der Waals surface area (Å²) in [5.74, 6) is -0.370. The lowest BCUT2D eigenvalue weighted by Gasteiger charge is -2.18. The third-order valence-electron chi connectivity index (χ3n) is 5.82. The Balaban J connectivity index is 1.62. The number of fused-ring (bicyclic) bond motifs is 1. The normalized spacial score (nSPS) is 21.1. The molecule has 1 aliphatic heterocycles. The molecule has 2 heterocycles. The van der Waals surface area contributed by atoms with Crippen molar-refractivity contribution in [3.8, 4) is 0 Å². The van der Waals surface area contributed by atoms with E-state index < -0.39 is 15.6 Å². The van der Waals surface area contributed by atoms with E-state index in [2.05, 4.69) is 0 Å². The van der Waals surface area contributed by atoms with E-state index in [-0.39, 0.29) is 41.5 Å². The molecule has 2 aromatic rings. The van der Waals surface area contributed by atoms with E-state index in [1.165, 1.54) is 21.1 Å². The predicted octanol–water partition coefficient (Wildman–Crippen LogP) is 1.41. The average molecular weight is 420 g/mol. The van der Waals surface area contributed by atoms with Gasteiger partial charge >= 0.3 is 5.97 Å². The first-order valence-corrected chi connectivity index (χ1v) is 11.4. The van der Waals surface area contributed by atoms with Gasteiger partial charge in [0, 0.05) is 36.1 Å². The lowest BCUT2D eigenvalue weighted by atomic mass is 10.1. The molecule has 156 valence electrons. The zero-order valence-electron chi connectivity index (χ0n) is 16.1. The lowest BCUT2D eigenvalue weighted by Crippen LogP contribution is -2.32. The van der Waals surface area contributed by atoms with Crippen LogP contribution in [-0.4, -0.2) is 42.4 Å². The van der Waals surface area contributed by atoms with Gasteiger partial charge in [-0.25, -0.2) is 8.42 Å². The minimum Gasteiger partial charge on any atom is -0.444 e. The summed E-state index contributed by atoms with van der Waals surface area (Å²) in [6.07, 6.45) is 5.79. The molecule has 4 rings (SSSR count). The van der Waals surface area contributed by atoms with Crippen molar-refractivity contribution in [3.63, 3.8) is 0 Å². The highest BCUT2D eigenvalue weighted by molar-refractivity contribution is 7.89. The van der Waals surface area contributed by atoms with Gasteiger partial charge in [-0.3, -0.25) is 14.2 Å². The van der Waals surface area contributed by atoms with Gasteiger partial charge in [0.1, 0.15) is 0 Å². The average Bonchev–Trinajstić information content (AvgIpc) is 3.39. The van der Waals surface area contributed by atoms with Gasteiger partial charge < -0.3 is 10.5 Å². The molecule has 1 aromatic carbocycles. The maximum Gasteiger partial charge on any atom is 0.310 e. The molecule has 1 aliphatic carbocycles. The second-order valence-electron chi connectivity index (χ2n) is 7.79. The van der Waals surface area contributed by atoms with E-state index in [9.17, 15) is 18.0 Å².